The van der Waals surface area contributed by atoms with Gasteiger partial charge >= 0.3 is 0 Å². The van der Waals surface area contributed by atoms with Crippen LogP contribution in [0.4, 0.5) is 5.69 Å². The van der Waals surface area contributed by atoms with Crippen LogP contribution in [-0.4, -0.2) is 23.2 Å². The molecule has 0 radical (unpaired) electrons. The largest absolute Gasteiger partial charge is 0.399 e. The second kappa shape index (κ2) is 5.83. The first-order chi connectivity index (χ1) is 9.39. The summed E-state index contributed by atoms with van der Waals surface area (Å²) in [5.41, 5.74) is 7.05. The third kappa shape index (κ3) is 3.51. The third-order valence-corrected chi connectivity index (χ3v) is 4.14. The molecule has 1 fully saturated rings. The molecule has 2 atom stereocenters. The van der Waals surface area contributed by atoms with E-state index in [2.05, 4.69) is 12.2 Å². The zero-order valence-corrected chi connectivity index (χ0v) is 12.3. The van der Waals surface area contributed by atoms with Crippen molar-refractivity contribution in [3.8, 4) is 0 Å². The van der Waals surface area contributed by atoms with Crippen molar-refractivity contribution in [1.82, 2.24) is 5.32 Å². The maximum absolute atomic E-state index is 12.2. The van der Waals surface area contributed by atoms with E-state index in [0.29, 0.717) is 23.7 Å². The van der Waals surface area contributed by atoms with Crippen LogP contribution in [0.1, 0.15) is 48.5 Å². The Labute approximate surface area is 120 Å². The first-order valence-electron chi connectivity index (χ1n) is 7.26. The van der Waals surface area contributed by atoms with E-state index in [9.17, 15) is 9.90 Å². The maximum atomic E-state index is 12.2. The summed E-state index contributed by atoms with van der Waals surface area (Å²) in [5, 5.41) is 13.4. The summed E-state index contributed by atoms with van der Waals surface area (Å²) in [4.78, 5) is 12.2. The van der Waals surface area contributed by atoms with E-state index in [1.54, 1.807) is 18.2 Å². The van der Waals surface area contributed by atoms with Gasteiger partial charge in [0.1, 0.15) is 0 Å². The first-order valence-corrected chi connectivity index (χ1v) is 7.26. The molecular weight excluding hydrogens is 252 g/mol. The minimum atomic E-state index is -0.755. The van der Waals surface area contributed by atoms with Crippen molar-refractivity contribution >= 4 is 11.6 Å². The molecule has 110 valence electrons. The highest BCUT2D eigenvalue weighted by Gasteiger charge is 2.32. The lowest BCUT2D eigenvalue weighted by molar-refractivity contribution is -0.0109. The summed E-state index contributed by atoms with van der Waals surface area (Å²) in [7, 11) is 0. The van der Waals surface area contributed by atoms with Crippen LogP contribution < -0.4 is 11.1 Å². The lowest BCUT2D eigenvalue weighted by Crippen LogP contribution is -2.45. The van der Waals surface area contributed by atoms with E-state index in [4.69, 9.17) is 5.73 Å². The standard InChI is InChI=1S/C16H24N2O2/c1-11-4-3-7-16(20,9-11)10-18-15(19)14-6-5-13(17)8-12(14)2/h5-6,8,11,20H,3-4,7,9-10,17H2,1-2H3,(H,18,19). The van der Waals surface area contributed by atoms with Crippen LogP contribution in [0, 0.1) is 12.8 Å². The zero-order valence-electron chi connectivity index (χ0n) is 12.3. The van der Waals surface area contributed by atoms with E-state index < -0.39 is 5.60 Å². The summed E-state index contributed by atoms with van der Waals surface area (Å²) < 4.78 is 0. The van der Waals surface area contributed by atoms with Crippen molar-refractivity contribution in [2.24, 2.45) is 5.92 Å². The molecule has 1 aromatic carbocycles. The molecule has 4 heteroatoms. The van der Waals surface area contributed by atoms with E-state index in [1.165, 1.54) is 0 Å². The Bertz CT molecular complexity index is 501. The number of anilines is 1. The van der Waals surface area contributed by atoms with Gasteiger partial charge in [-0.1, -0.05) is 19.8 Å². The van der Waals surface area contributed by atoms with Gasteiger partial charge in [0.2, 0.25) is 0 Å². The molecule has 0 spiro atoms. The van der Waals surface area contributed by atoms with Gasteiger partial charge in [-0.25, -0.2) is 0 Å². The summed E-state index contributed by atoms with van der Waals surface area (Å²) in [5.74, 6) is 0.373. The molecule has 0 bridgehead atoms. The van der Waals surface area contributed by atoms with Gasteiger partial charge in [-0.05, 0) is 49.4 Å². The number of nitrogens with one attached hydrogen (secondary N) is 1. The molecule has 1 aliphatic carbocycles. The lowest BCUT2D eigenvalue weighted by atomic mass is 9.79. The van der Waals surface area contributed by atoms with Gasteiger partial charge in [-0.15, -0.1) is 0 Å². The smallest absolute Gasteiger partial charge is 0.251 e. The Hall–Kier alpha value is -1.55. The Morgan fingerprint density at radius 1 is 1.55 bits per heavy atom. The molecule has 4 nitrogen and oxygen atoms in total. The molecule has 4 N–H and O–H groups in total. The SMILES string of the molecule is Cc1cc(N)ccc1C(=O)NCC1(O)CCCC(C)C1. The summed E-state index contributed by atoms with van der Waals surface area (Å²) in [6.07, 6.45) is 3.70. The Morgan fingerprint density at radius 3 is 2.95 bits per heavy atom. The normalized spacial score (nSPS) is 26.2. The second-order valence-corrected chi connectivity index (χ2v) is 6.18. The van der Waals surface area contributed by atoms with Gasteiger partial charge in [0.05, 0.1) is 5.60 Å². The molecule has 0 heterocycles. The Kier molecular flexibility index (Phi) is 4.33. The van der Waals surface area contributed by atoms with Gasteiger partial charge < -0.3 is 16.2 Å². The first kappa shape index (κ1) is 14.9. The number of aryl methyl sites for hydroxylation is 1. The minimum Gasteiger partial charge on any atom is -0.399 e. The Balaban J connectivity index is 1.98. The van der Waals surface area contributed by atoms with Crippen molar-refractivity contribution in [3.05, 3.63) is 29.3 Å². The molecule has 1 saturated carbocycles. The number of aliphatic hydroxyl groups is 1. The lowest BCUT2D eigenvalue weighted by Gasteiger charge is -2.35. The number of rotatable bonds is 3. The molecule has 1 aromatic rings. The quantitative estimate of drug-likeness (QED) is 0.741. The fraction of sp³-hybridized carbons (Fsp3) is 0.562. The third-order valence-electron chi connectivity index (χ3n) is 4.14. The van der Waals surface area contributed by atoms with Gasteiger partial charge in [-0.2, -0.15) is 0 Å². The summed E-state index contributed by atoms with van der Waals surface area (Å²) >= 11 is 0. The van der Waals surface area contributed by atoms with Crippen LogP contribution in [-0.2, 0) is 0 Å². The van der Waals surface area contributed by atoms with Crippen LogP contribution in [0.5, 0.6) is 0 Å². The van der Waals surface area contributed by atoms with E-state index in [-0.39, 0.29) is 5.91 Å². The second-order valence-electron chi connectivity index (χ2n) is 6.18. The fourth-order valence-corrected chi connectivity index (χ4v) is 3.07. The van der Waals surface area contributed by atoms with Crippen LogP contribution in [0.25, 0.3) is 0 Å². The molecule has 0 aromatic heterocycles. The van der Waals surface area contributed by atoms with E-state index in [0.717, 1.165) is 31.2 Å². The predicted molar refractivity (Wildman–Crippen MR) is 80.5 cm³/mol. The van der Waals surface area contributed by atoms with E-state index >= 15 is 0 Å². The minimum absolute atomic E-state index is 0.144. The van der Waals surface area contributed by atoms with Crippen molar-refractivity contribution in [2.75, 3.05) is 12.3 Å². The molecule has 1 amide bonds. The highest BCUT2D eigenvalue weighted by Crippen LogP contribution is 2.31. The molecule has 1 aliphatic rings. The zero-order chi connectivity index (χ0) is 14.8. The average molecular weight is 276 g/mol. The molecular formula is C16H24N2O2. The van der Waals surface area contributed by atoms with Crippen molar-refractivity contribution in [2.45, 2.75) is 45.1 Å². The summed E-state index contributed by atoms with van der Waals surface area (Å²) in [6.45, 7) is 4.33. The van der Waals surface area contributed by atoms with Crippen molar-refractivity contribution in [1.29, 1.82) is 0 Å². The summed E-state index contributed by atoms with van der Waals surface area (Å²) in [6, 6.07) is 5.24. The number of benzene rings is 1. The topological polar surface area (TPSA) is 75.4 Å². The number of hydrogen-bond acceptors (Lipinski definition) is 3. The molecule has 2 unspecified atom stereocenters. The Morgan fingerprint density at radius 2 is 2.30 bits per heavy atom. The number of nitrogen functional groups attached to an aromatic ring is 1. The maximum Gasteiger partial charge on any atom is 0.251 e. The van der Waals surface area contributed by atoms with Gasteiger partial charge in [0, 0.05) is 17.8 Å². The number of carbonyl (C=O) groups excluding carboxylic acids is 1. The number of amides is 1. The number of hydrogen-bond donors (Lipinski definition) is 3. The highest BCUT2D eigenvalue weighted by atomic mass is 16.3. The number of carbonyl (C=O) groups is 1. The van der Waals surface area contributed by atoms with Crippen molar-refractivity contribution in [3.63, 3.8) is 0 Å². The van der Waals surface area contributed by atoms with Crippen LogP contribution in [0.15, 0.2) is 18.2 Å². The molecule has 20 heavy (non-hydrogen) atoms. The fourth-order valence-electron chi connectivity index (χ4n) is 3.07. The highest BCUT2D eigenvalue weighted by molar-refractivity contribution is 5.96. The van der Waals surface area contributed by atoms with E-state index in [1.807, 2.05) is 6.92 Å². The van der Waals surface area contributed by atoms with Gasteiger partial charge in [0.25, 0.3) is 5.91 Å². The number of nitrogens with two attached hydrogens (primary N) is 1. The molecule has 2 rings (SSSR count). The van der Waals surface area contributed by atoms with Gasteiger partial charge in [0.15, 0.2) is 0 Å². The monoisotopic (exact) mass is 276 g/mol. The predicted octanol–water partition coefficient (Wildman–Crippen LogP) is 2.25. The van der Waals surface area contributed by atoms with Crippen LogP contribution in [0.3, 0.4) is 0 Å². The van der Waals surface area contributed by atoms with Crippen LogP contribution >= 0.6 is 0 Å². The van der Waals surface area contributed by atoms with Crippen molar-refractivity contribution < 1.29 is 9.90 Å². The van der Waals surface area contributed by atoms with Crippen LogP contribution in [0.2, 0.25) is 0 Å². The molecule has 0 aliphatic heterocycles. The molecule has 0 saturated heterocycles. The average Bonchev–Trinajstić information content (AvgIpc) is 2.36. The van der Waals surface area contributed by atoms with Gasteiger partial charge in [-0.3, -0.25) is 4.79 Å².